The van der Waals surface area contributed by atoms with Gasteiger partial charge in [0, 0.05) is 24.1 Å². The van der Waals surface area contributed by atoms with Crippen molar-refractivity contribution in [2.24, 2.45) is 4.99 Å². The highest BCUT2D eigenvalue weighted by atomic mass is 32.2. The molecule has 136 valence electrons. The quantitative estimate of drug-likeness (QED) is 0.518. The lowest BCUT2D eigenvalue weighted by atomic mass is 10.2. The van der Waals surface area contributed by atoms with Gasteiger partial charge in [0.15, 0.2) is 27.3 Å². The van der Waals surface area contributed by atoms with Crippen LogP contribution in [0.4, 0.5) is 5.69 Å². The Morgan fingerprint density at radius 1 is 1.21 bits per heavy atom. The molecular formula is C16H27N3O4S. The minimum Gasteiger partial charge on any atom is -0.493 e. The molecule has 7 nitrogen and oxygen atoms in total. The molecule has 0 aliphatic carbocycles. The Morgan fingerprint density at radius 2 is 1.96 bits per heavy atom. The lowest BCUT2D eigenvalue weighted by Crippen LogP contribution is -2.31. The first-order chi connectivity index (χ1) is 11.5. The minimum atomic E-state index is -3.03. The number of ether oxygens (including phenoxy) is 2. The van der Waals surface area contributed by atoms with Gasteiger partial charge in [-0.05, 0) is 26.0 Å². The molecule has 1 aromatic carbocycles. The summed E-state index contributed by atoms with van der Waals surface area (Å²) in [5.74, 6) is 1.97. The van der Waals surface area contributed by atoms with E-state index >= 15 is 0 Å². The Kier molecular flexibility index (Phi) is 8.39. The van der Waals surface area contributed by atoms with E-state index in [9.17, 15) is 8.42 Å². The molecule has 0 aliphatic rings. The Bertz CT molecular complexity index is 645. The lowest BCUT2D eigenvalue weighted by molar-refractivity contribution is 0.311. The first-order valence-electron chi connectivity index (χ1n) is 8.02. The first kappa shape index (κ1) is 20.1. The maximum atomic E-state index is 11.5. The Morgan fingerprint density at radius 3 is 2.54 bits per heavy atom. The minimum absolute atomic E-state index is 0.0346. The molecule has 0 radical (unpaired) electrons. The number of hydrogen-bond donors (Lipinski definition) is 2. The number of benzene rings is 1. The van der Waals surface area contributed by atoms with Crippen molar-refractivity contribution in [2.45, 2.75) is 20.8 Å². The van der Waals surface area contributed by atoms with E-state index in [0.29, 0.717) is 30.6 Å². The fourth-order valence-electron chi connectivity index (χ4n) is 1.91. The van der Waals surface area contributed by atoms with Gasteiger partial charge in [-0.25, -0.2) is 8.42 Å². The fourth-order valence-corrected chi connectivity index (χ4v) is 2.57. The second-order valence-corrected chi connectivity index (χ2v) is 7.39. The molecule has 1 aromatic rings. The van der Waals surface area contributed by atoms with Crippen LogP contribution in [-0.2, 0) is 9.84 Å². The van der Waals surface area contributed by atoms with Gasteiger partial charge in [-0.15, -0.1) is 0 Å². The largest absolute Gasteiger partial charge is 0.493 e. The second-order valence-electron chi connectivity index (χ2n) is 4.92. The Labute approximate surface area is 144 Å². The van der Waals surface area contributed by atoms with Crippen molar-refractivity contribution in [1.82, 2.24) is 5.32 Å². The summed E-state index contributed by atoms with van der Waals surface area (Å²) in [7, 11) is -1.44. The van der Waals surface area contributed by atoms with Gasteiger partial charge < -0.3 is 20.1 Å². The smallest absolute Gasteiger partial charge is 0.195 e. The molecule has 2 N–H and O–H groups in total. The molecule has 0 unspecified atom stereocenters. The zero-order valence-corrected chi connectivity index (χ0v) is 15.6. The van der Waals surface area contributed by atoms with Gasteiger partial charge in [-0.2, -0.15) is 0 Å². The number of anilines is 1. The van der Waals surface area contributed by atoms with E-state index in [1.807, 2.05) is 26.0 Å². The third-order valence-electron chi connectivity index (χ3n) is 3.18. The third-order valence-corrected chi connectivity index (χ3v) is 4.87. The summed E-state index contributed by atoms with van der Waals surface area (Å²) in [6.07, 6.45) is 0. The molecule has 0 aliphatic heterocycles. The number of nitrogens with one attached hydrogen (secondary N) is 2. The van der Waals surface area contributed by atoms with Crippen molar-refractivity contribution < 1.29 is 17.9 Å². The molecule has 1 rings (SSSR count). The Hall–Kier alpha value is -1.96. The van der Waals surface area contributed by atoms with Crippen LogP contribution in [0.25, 0.3) is 0 Å². The molecule has 0 heterocycles. The van der Waals surface area contributed by atoms with E-state index in [1.54, 1.807) is 20.1 Å². The molecule has 0 saturated heterocycles. The van der Waals surface area contributed by atoms with Crippen LogP contribution in [0.5, 0.6) is 11.5 Å². The highest BCUT2D eigenvalue weighted by molar-refractivity contribution is 7.91. The number of methoxy groups -OCH3 is 1. The van der Waals surface area contributed by atoms with Crippen LogP contribution in [-0.4, -0.2) is 52.7 Å². The van der Waals surface area contributed by atoms with Gasteiger partial charge in [-0.1, -0.05) is 6.92 Å². The molecule has 0 bridgehead atoms. The van der Waals surface area contributed by atoms with E-state index in [-0.39, 0.29) is 18.1 Å². The summed E-state index contributed by atoms with van der Waals surface area (Å²) < 4.78 is 33.9. The van der Waals surface area contributed by atoms with Gasteiger partial charge in [0.2, 0.25) is 0 Å². The average molecular weight is 357 g/mol. The SMILES string of the molecule is CCNC(=NCCS(=O)(=O)CC)Nc1ccc(OC)c(OCC)c1. The fraction of sp³-hybridized carbons (Fsp3) is 0.562. The molecule has 0 amide bonds. The summed E-state index contributed by atoms with van der Waals surface area (Å²) in [4.78, 5) is 4.30. The van der Waals surface area contributed by atoms with Gasteiger partial charge in [0.25, 0.3) is 0 Å². The molecule has 8 heteroatoms. The number of sulfone groups is 1. The van der Waals surface area contributed by atoms with Crippen LogP contribution in [0.3, 0.4) is 0 Å². The number of rotatable bonds is 9. The summed E-state index contributed by atoms with van der Waals surface area (Å²) in [6, 6.07) is 5.47. The highest BCUT2D eigenvalue weighted by Gasteiger charge is 2.09. The van der Waals surface area contributed by atoms with Gasteiger partial charge in [-0.3, -0.25) is 4.99 Å². The van der Waals surface area contributed by atoms with Crippen molar-refractivity contribution in [3.63, 3.8) is 0 Å². The summed E-state index contributed by atoms with van der Waals surface area (Å²) >= 11 is 0. The maximum Gasteiger partial charge on any atom is 0.195 e. The van der Waals surface area contributed by atoms with Crippen LogP contribution in [0.1, 0.15) is 20.8 Å². The number of nitrogens with zero attached hydrogens (tertiary/aromatic N) is 1. The number of guanidine groups is 1. The van der Waals surface area contributed by atoms with Crippen LogP contribution in [0.15, 0.2) is 23.2 Å². The van der Waals surface area contributed by atoms with E-state index < -0.39 is 9.84 Å². The summed E-state index contributed by atoms with van der Waals surface area (Å²) in [6.45, 7) is 6.89. The predicted molar refractivity (Wildman–Crippen MR) is 98.1 cm³/mol. The van der Waals surface area contributed by atoms with E-state index in [4.69, 9.17) is 9.47 Å². The van der Waals surface area contributed by atoms with E-state index in [2.05, 4.69) is 15.6 Å². The van der Waals surface area contributed by atoms with Crippen LogP contribution >= 0.6 is 0 Å². The molecular weight excluding hydrogens is 330 g/mol. The van der Waals surface area contributed by atoms with Crippen LogP contribution < -0.4 is 20.1 Å². The zero-order chi connectivity index (χ0) is 18.0. The van der Waals surface area contributed by atoms with Crippen molar-refractivity contribution >= 4 is 21.5 Å². The predicted octanol–water partition coefficient (Wildman–Crippen LogP) is 1.91. The van der Waals surface area contributed by atoms with E-state index in [1.165, 1.54) is 0 Å². The van der Waals surface area contributed by atoms with Gasteiger partial charge in [0.1, 0.15) is 0 Å². The van der Waals surface area contributed by atoms with Crippen molar-refractivity contribution in [3.05, 3.63) is 18.2 Å². The molecule has 0 spiro atoms. The Balaban J connectivity index is 2.86. The molecule has 24 heavy (non-hydrogen) atoms. The highest BCUT2D eigenvalue weighted by Crippen LogP contribution is 2.30. The topological polar surface area (TPSA) is 89.0 Å². The van der Waals surface area contributed by atoms with Crippen molar-refractivity contribution in [1.29, 1.82) is 0 Å². The first-order valence-corrected chi connectivity index (χ1v) is 9.84. The average Bonchev–Trinajstić information content (AvgIpc) is 2.55. The standard InChI is InChI=1S/C16H27N3O4S/c1-5-17-16(18-10-11-24(20,21)7-3)19-13-8-9-14(22-4)15(12-13)23-6-2/h8-9,12H,5-7,10-11H2,1-4H3,(H2,17,18,19). The molecule has 0 atom stereocenters. The lowest BCUT2D eigenvalue weighted by Gasteiger charge is -2.14. The summed E-state index contributed by atoms with van der Waals surface area (Å²) in [5, 5.41) is 6.23. The third kappa shape index (κ3) is 6.66. The number of aliphatic imine (C=N–C) groups is 1. The number of hydrogen-bond acceptors (Lipinski definition) is 5. The normalized spacial score (nSPS) is 11.9. The molecule has 0 aromatic heterocycles. The molecule has 0 fully saturated rings. The van der Waals surface area contributed by atoms with E-state index in [0.717, 1.165) is 5.69 Å². The van der Waals surface area contributed by atoms with Crippen LogP contribution in [0.2, 0.25) is 0 Å². The van der Waals surface area contributed by atoms with Gasteiger partial charge >= 0.3 is 0 Å². The second kappa shape index (κ2) is 10.0. The monoisotopic (exact) mass is 357 g/mol. The molecule has 0 saturated carbocycles. The van der Waals surface area contributed by atoms with Crippen molar-refractivity contribution in [3.8, 4) is 11.5 Å². The van der Waals surface area contributed by atoms with Crippen molar-refractivity contribution in [2.75, 3.05) is 43.6 Å². The van der Waals surface area contributed by atoms with Crippen LogP contribution in [0, 0.1) is 0 Å². The zero-order valence-electron chi connectivity index (χ0n) is 14.8. The summed E-state index contributed by atoms with van der Waals surface area (Å²) in [5.41, 5.74) is 0.775. The van der Waals surface area contributed by atoms with Gasteiger partial charge in [0.05, 0.1) is 26.0 Å². The maximum absolute atomic E-state index is 11.5.